The van der Waals surface area contributed by atoms with Gasteiger partial charge in [-0.2, -0.15) is 0 Å². The molecular formula is C24H32N6O9. The fourth-order valence-electron chi connectivity index (χ4n) is 3.70. The smallest absolute Gasteiger partial charge is 0.326 e. The van der Waals surface area contributed by atoms with Crippen LogP contribution < -0.4 is 27.4 Å². The zero-order valence-electron chi connectivity index (χ0n) is 20.9. The van der Waals surface area contributed by atoms with Crippen molar-refractivity contribution in [2.75, 3.05) is 6.61 Å². The summed E-state index contributed by atoms with van der Waals surface area (Å²) in [6.45, 7) is -0.911. The van der Waals surface area contributed by atoms with Crippen LogP contribution in [0.1, 0.15) is 31.2 Å². The summed E-state index contributed by atoms with van der Waals surface area (Å²) in [5.41, 5.74) is 12.2. The molecule has 15 nitrogen and oxygen atoms in total. The van der Waals surface area contributed by atoms with Crippen molar-refractivity contribution in [3.05, 3.63) is 36.0 Å². The van der Waals surface area contributed by atoms with E-state index in [4.69, 9.17) is 16.6 Å². The number of aliphatic hydroxyl groups excluding tert-OH is 1. The van der Waals surface area contributed by atoms with Crippen molar-refractivity contribution in [1.29, 1.82) is 0 Å². The van der Waals surface area contributed by atoms with Gasteiger partial charge in [-0.1, -0.05) is 18.2 Å². The Hall–Kier alpha value is -4.50. The number of primary amides is 1. The molecule has 2 aromatic rings. The lowest BCUT2D eigenvalue weighted by Crippen LogP contribution is -2.58. The number of aliphatic hydroxyl groups is 1. The van der Waals surface area contributed by atoms with Crippen molar-refractivity contribution in [2.45, 2.75) is 56.3 Å². The van der Waals surface area contributed by atoms with Crippen LogP contribution in [0, 0.1) is 0 Å². The number of carboxylic acid groups (broad SMARTS) is 2. The quantitative estimate of drug-likeness (QED) is 0.108. The second kappa shape index (κ2) is 14.4. The highest BCUT2D eigenvalue weighted by molar-refractivity contribution is 5.94. The lowest BCUT2D eigenvalue weighted by Gasteiger charge is -2.24. The van der Waals surface area contributed by atoms with E-state index >= 15 is 0 Å². The molecule has 1 aromatic heterocycles. The summed E-state index contributed by atoms with van der Waals surface area (Å²) in [6, 6.07) is 1.47. The molecule has 4 amide bonds. The molecule has 212 valence electrons. The molecule has 0 fully saturated rings. The van der Waals surface area contributed by atoms with E-state index in [0.717, 1.165) is 10.9 Å². The third kappa shape index (κ3) is 9.39. The molecule has 0 radical (unpaired) electrons. The molecule has 11 N–H and O–H groups in total. The molecule has 0 spiro atoms. The number of amides is 4. The molecule has 4 atom stereocenters. The minimum Gasteiger partial charge on any atom is -0.481 e. The number of aromatic nitrogens is 1. The Balaban J connectivity index is 2.09. The number of carbonyl (C=O) groups excluding carboxylic acids is 4. The number of fused-ring (bicyclic) bond motifs is 1. The summed E-state index contributed by atoms with van der Waals surface area (Å²) < 4.78 is 0. The third-order valence-corrected chi connectivity index (χ3v) is 5.85. The van der Waals surface area contributed by atoms with Gasteiger partial charge in [0.25, 0.3) is 0 Å². The van der Waals surface area contributed by atoms with Crippen LogP contribution in [0.25, 0.3) is 10.9 Å². The van der Waals surface area contributed by atoms with E-state index in [1.807, 2.05) is 0 Å². The maximum absolute atomic E-state index is 12.9. The molecule has 0 aliphatic rings. The van der Waals surface area contributed by atoms with Crippen molar-refractivity contribution < 1.29 is 44.1 Å². The Morgan fingerprint density at radius 2 is 1.46 bits per heavy atom. The van der Waals surface area contributed by atoms with Gasteiger partial charge in [-0.15, -0.1) is 0 Å². The monoisotopic (exact) mass is 548 g/mol. The van der Waals surface area contributed by atoms with Gasteiger partial charge in [0.2, 0.25) is 23.6 Å². The first kappa shape index (κ1) is 30.7. The topological polar surface area (TPSA) is 267 Å². The number of benzene rings is 1. The van der Waals surface area contributed by atoms with Gasteiger partial charge in [0, 0.05) is 36.4 Å². The van der Waals surface area contributed by atoms with Gasteiger partial charge in [-0.05, 0) is 24.5 Å². The summed E-state index contributed by atoms with van der Waals surface area (Å²) >= 11 is 0. The van der Waals surface area contributed by atoms with Gasteiger partial charge < -0.3 is 47.7 Å². The third-order valence-electron chi connectivity index (χ3n) is 5.85. The van der Waals surface area contributed by atoms with Gasteiger partial charge in [0.05, 0.1) is 12.6 Å². The number of para-hydroxylation sites is 1. The molecule has 0 saturated carbocycles. The maximum atomic E-state index is 12.9. The molecule has 1 heterocycles. The average molecular weight is 549 g/mol. The predicted molar refractivity (Wildman–Crippen MR) is 136 cm³/mol. The number of rotatable bonds is 16. The molecule has 2 rings (SSSR count). The lowest BCUT2D eigenvalue weighted by atomic mass is 10.0. The van der Waals surface area contributed by atoms with Crippen molar-refractivity contribution >= 4 is 46.5 Å². The summed E-state index contributed by atoms with van der Waals surface area (Å²) in [5.74, 6) is -6.17. The summed E-state index contributed by atoms with van der Waals surface area (Å²) in [4.78, 5) is 74.8. The molecule has 0 bridgehead atoms. The zero-order chi connectivity index (χ0) is 29.1. The van der Waals surface area contributed by atoms with Gasteiger partial charge in [0.15, 0.2) is 0 Å². The number of hydrogen-bond donors (Lipinski definition) is 9. The Bertz CT molecular complexity index is 1210. The fraction of sp³-hybridized carbons (Fsp3) is 0.417. The molecule has 0 saturated heterocycles. The number of carbonyl (C=O) groups is 6. The first-order chi connectivity index (χ1) is 18.4. The van der Waals surface area contributed by atoms with Gasteiger partial charge in [-0.3, -0.25) is 24.0 Å². The van der Waals surface area contributed by atoms with Gasteiger partial charge in [0.1, 0.15) is 18.1 Å². The molecule has 0 aliphatic heterocycles. The van der Waals surface area contributed by atoms with Crippen LogP contribution in [-0.2, 0) is 35.2 Å². The van der Waals surface area contributed by atoms with E-state index in [1.165, 1.54) is 0 Å². The second-order valence-electron chi connectivity index (χ2n) is 8.81. The van der Waals surface area contributed by atoms with E-state index in [1.54, 1.807) is 30.5 Å². The molecular weight excluding hydrogens is 516 g/mol. The highest BCUT2D eigenvalue weighted by Gasteiger charge is 2.30. The zero-order valence-corrected chi connectivity index (χ0v) is 20.9. The van der Waals surface area contributed by atoms with Crippen molar-refractivity contribution in [3.63, 3.8) is 0 Å². The van der Waals surface area contributed by atoms with Gasteiger partial charge in [-0.25, -0.2) is 4.79 Å². The molecule has 0 aliphatic carbocycles. The van der Waals surface area contributed by atoms with Crippen LogP contribution in [0.15, 0.2) is 30.5 Å². The number of nitrogens with one attached hydrogen (secondary N) is 4. The van der Waals surface area contributed by atoms with Crippen molar-refractivity contribution in [2.24, 2.45) is 11.5 Å². The minimum atomic E-state index is -1.60. The van der Waals surface area contributed by atoms with E-state index in [-0.39, 0.29) is 25.7 Å². The Kier molecular flexibility index (Phi) is 11.4. The van der Waals surface area contributed by atoms with Crippen LogP contribution >= 0.6 is 0 Å². The normalized spacial score (nSPS) is 14.0. The minimum absolute atomic E-state index is 0.0945. The van der Waals surface area contributed by atoms with E-state index in [0.29, 0.717) is 5.56 Å². The Morgan fingerprint density at radius 1 is 0.846 bits per heavy atom. The van der Waals surface area contributed by atoms with E-state index in [2.05, 4.69) is 20.9 Å². The largest absolute Gasteiger partial charge is 0.481 e. The highest BCUT2D eigenvalue weighted by Crippen LogP contribution is 2.19. The molecule has 39 heavy (non-hydrogen) atoms. The Morgan fingerprint density at radius 3 is 2.08 bits per heavy atom. The van der Waals surface area contributed by atoms with Crippen molar-refractivity contribution in [1.82, 2.24) is 20.9 Å². The van der Waals surface area contributed by atoms with Crippen molar-refractivity contribution in [3.8, 4) is 0 Å². The second-order valence-corrected chi connectivity index (χ2v) is 8.81. The number of carboxylic acids is 2. The number of hydrogen-bond acceptors (Lipinski definition) is 8. The standard InChI is InChI=1S/C24H32N6O9/c25-14(5-8-20(33)34)21(35)28-16(6-7-19(26)32)22(36)30-18(11-31)23(37)29-17(24(38)39)9-12-10-27-15-4-2-1-3-13(12)15/h1-4,10,14,16-18,27,31H,5-9,11,25H2,(H2,26,32)(H,28,35)(H,29,37)(H,30,36)(H,33,34)(H,38,39). The van der Waals surface area contributed by atoms with E-state index in [9.17, 15) is 39.0 Å². The molecule has 1 aromatic carbocycles. The fourth-order valence-corrected chi connectivity index (χ4v) is 3.70. The summed E-state index contributed by atoms with van der Waals surface area (Å²) in [7, 11) is 0. The van der Waals surface area contributed by atoms with Crippen LogP contribution in [0.5, 0.6) is 0 Å². The predicted octanol–water partition coefficient (Wildman–Crippen LogP) is -2.30. The summed E-state index contributed by atoms with van der Waals surface area (Å²) in [6.07, 6.45) is 0.289. The number of nitrogens with two attached hydrogens (primary N) is 2. The summed E-state index contributed by atoms with van der Waals surface area (Å²) in [5, 5.41) is 35.7. The number of aromatic amines is 1. The lowest BCUT2D eigenvalue weighted by molar-refractivity contribution is -0.142. The van der Waals surface area contributed by atoms with E-state index < -0.39 is 72.8 Å². The number of aliphatic carboxylic acids is 2. The van der Waals surface area contributed by atoms with Crippen LogP contribution in [0.3, 0.4) is 0 Å². The first-order valence-electron chi connectivity index (χ1n) is 12.0. The molecule has 4 unspecified atom stereocenters. The van der Waals surface area contributed by atoms with Crippen LogP contribution in [-0.4, -0.2) is 86.6 Å². The van der Waals surface area contributed by atoms with Crippen LogP contribution in [0.2, 0.25) is 0 Å². The highest BCUT2D eigenvalue weighted by atomic mass is 16.4. The first-order valence-corrected chi connectivity index (χ1v) is 12.0. The van der Waals surface area contributed by atoms with Gasteiger partial charge >= 0.3 is 11.9 Å². The Labute approximate surface area is 222 Å². The average Bonchev–Trinajstić information content (AvgIpc) is 3.29. The SMILES string of the molecule is NC(=O)CCC(NC(=O)C(N)CCC(=O)O)C(=O)NC(CO)C(=O)NC(Cc1c[nH]c2ccccc12)C(=O)O. The maximum Gasteiger partial charge on any atom is 0.326 e. The van der Waals surface area contributed by atoms with Crippen LogP contribution in [0.4, 0.5) is 0 Å². The molecule has 15 heteroatoms. The number of H-pyrrole nitrogens is 1.